The van der Waals surface area contributed by atoms with E-state index >= 15 is 0 Å². The van der Waals surface area contributed by atoms with E-state index in [1.807, 2.05) is 13.8 Å². The van der Waals surface area contributed by atoms with Gasteiger partial charge in [-0.1, -0.05) is 26.0 Å². The largest absolute Gasteiger partial charge is 0.285 e. The number of hydrazine groups is 1. The highest BCUT2D eigenvalue weighted by Gasteiger charge is 2.12. The number of carbonyl (C=O) groups is 1. The fourth-order valence-electron chi connectivity index (χ4n) is 1.23. The molecule has 0 saturated carbocycles. The normalized spacial score (nSPS) is 10.4. The molecule has 0 bridgehead atoms. The molecule has 0 radical (unpaired) electrons. The molecule has 1 aromatic carbocycles. The summed E-state index contributed by atoms with van der Waals surface area (Å²) in [6.45, 7) is 5.23. The fraction of sp³-hybridized carbons (Fsp3) is 0.364. The molecule has 82 valence electrons. The summed E-state index contributed by atoms with van der Waals surface area (Å²) in [6.07, 6.45) is 0. The molecule has 0 aliphatic heterocycles. The number of carbonyl (C=O) groups excluding carboxylic acids is 1. The topological polar surface area (TPSA) is 32.3 Å². The molecule has 3 nitrogen and oxygen atoms in total. The summed E-state index contributed by atoms with van der Waals surface area (Å²) in [5.41, 5.74) is 2.70. The predicted octanol–water partition coefficient (Wildman–Crippen LogP) is 1.81. The van der Waals surface area contributed by atoms with E-state index in [2.05, 4.69) is 5.43 Å². The van der Waals surface area contributed by atoms with Gasteiger partial charge in [0.2, 0.25) is 0 Å². The molecule has 0 atom stereocenters. The number of amides is 1. The molecular weight excluding hydrogens is 195 g/mol. The Balaban J connectivity index is 2.73. The molecule has 0 fully saturated rings. The van der Waals surface area contributed by atoms with Crippen LogP contribution >= 0.6 is 0 Å². The van der Waals surface area contributed by atoms with E-state index in [0.717, 1.165) is 0 Å². The maximum Gasteiger partial charge on any atom is 0.268 e. The summed E-state index contributed by atoms with van der Waals surface area (Å²) in [6, 6.07) is 5.94. The lowest BCUT2D eigenvalue weighted by Crippen LogP contribution is -2.42. The number of nitrogens with one attached hydrogen (secondary N) is 1. The average molecular weight is 210 g/mol. The van der Waals surface area contributed by atoms with Gasteiger partial charge in [0.1, 0.15) is 5.82 Å². The van der Waals surface area contributed by atoms with Gasteiger partial charge < -0.3 is 0 Å². The van der Waals surface area contributed by atoms with Gasteiger partial charge in [-0.25, -0.2) is 9.40 Å². The summed E-state index contributed by atoms with van der Waals surface area (Å²) >= 11 is 0. The van der Waals surface area contributed by atoms with Gasteiger partial charge in [-0.15, -0.1) is 0 Å². The van der Waals surface area contributed by atoms with Crippen LogP contribution in [0.4, 0.5) is 4.39 Å². The summed E-state index contributed by atoms with van der Waals surface area (Å²) in [5.74, 6) is -0.904. The van der Waals surface area contributed by atoms with Crippen molar-refractivity contribution in [1.82, 2.24) is 10.4 Å². The Morgan fingerprint density at radius 3 is 2.47 bits per heavy atom. The SMILES string of the molecule is CCN(CC)NC(=O)c1ccccc1F. The molecule has 1 rings (SSSR count). The Morgan fingerprint density at radius 1 is 1.33 bits per heavy atom. The Kier molecular flexibility index (Phi) is 4.24. The van der Waals surface area contributed by atoms with Crippen molar-refractivity contribution in [1.29, 1.82) is 0 Å². The van der Waals surface area contributed by atoms with Crippen LogP contribution in [0.1, 0.15) is 24.2 Å². The minimum absolute atomic E-state index is 0.0735. The Bertz CT molecular complexity index is 337. The zero-order chi connectivity index (χ0) is 11.3. The van der Waals surface area contributed by atoms with Crippen LogP contribution < -0.4 is 5.43 Å². The van der Waals surface area contributed by atoms with Crippen molar-refractivity contribution >= 4 is 5.91 Å². The third-order valence-electron chi connectivity index (χ3n) is 2.14. The number of rotatable bonds is 4. The van der Waals surface area contributed by atoms with Crippen LogP contribution in [0.2, 0.25) is 0 Å². The van der Waals surface area contributed by atoms with Gasteiger partial charge in [-0.3, -0.25) is 10.2 Å². The van der Waals surface area contributed by atoms with Crippen LogP contribution in [0.5, 0.6) is 0 Å². The quantitative estimate of drug-likeness (QED) is 0.769. The second kappa shape index (κ2) is 5.46. The molecule has 0 saturated heterocycles. The van der Waals surface area contributed by atoms with Crippen LogP contribution in [-0.4, -0.2) is 24.0 Å². The smallest absolute Gasteiger partial charge is 0.268 e. The van der Waals surface area contributed by atoms with Crippen LogP contribution in [0.15, 0.2) is 24.3 Å². The van der Waals surface area contributed by atoms with E-state index in [1.165, 1.54) is 12.1 Å². The highest BCUT2D eigenvalue weighted by Crippen LogP contribution is 2.05. The Morgan fingerprint density at radius 2 is 1.93 bits per heavy atom. The minimum Gasteiger partial charge on any atom is -0.285 e. The standard InChI is InChI=1S/C11H15FN2O/c1-3-14(4-2)13-11(15)9-7-5-6-8-10(9)12/h5-8H,3-4H2,1-2H3,(H,13,15). The van der Waals surface area contributed by atoms with Gasteiger partial charge >= 0.3 is 0 Å². The van der Waals surface area contributed by atoms with Crippen LogP contribution in [-0.2, 0) is 0 Å². The molecule has 4 heteroatoms. The molecule has 0 aliphatic rings. The average Bonchev–Trinajstić information content (AvgIpc) is 2.26. The highest BCUT2D eigenvalue weighted by atomic mass is 19.1. The minimum atomic E-state index is -0.498. The van der Waals surface area contributed by atoms with E-state index in [4.69, 9.17) is 0 Å². The first-order valence-electron chi connectivity index (χ1n) is 4.99. The number of benzene rings is 1. The first-order valence-corrected chi connectivity index (χ1v) is 4.99. The second-order valence-corrected chi connectivity index (χ2v) is 3.09. The van der Waals surface area contributed by atoms with Crippen molar-refractivity contribution in [3.63, 3.8) is 0 Å². The monoisotopic (exact) mass is 210 g/mol. The highest BCUT2D eigenvalue weighted by molar-refractivity contribution is 5.94. The van der Waals surface area contributed by atoms with E-state index in [-0.39, 0.29) is 5.56 Å². The Hall–Kier alpha value is -1.42. The van der Waals surface area contributed by atoms with Crippen LogP contribution in [0, 0.1) is 5.82 Å². The number of hydrogen-bond donors (Lipinski definition) is 1. The third kappa shape index (κ3) is 3.02. The predicted molar refractivity (Wildman–Crippen MR) is 56.8 cm³/mol. The zero-order valence-corrected chi connectivity index (χ0v) is 8.96. The molecule has 0 heterocycles. The molecule has 0 aromatic heterocycles. The van der Waals surface area contributed by atoms with Crippen molar-refractivity contribution in [3.8, 4) is 0 Å². The third-order valence-corrected chi connectivity index (χ3v) is 2.14. The molecule has 0 aliphatic carbocycles. The molecule has 15 heavy (non-hydrogen) atoms. The van der Waals surface area contributed by atoms with Crippen LogP contribution in [0.25, 0.3) is 0 Å². The molecule has 1 aromatic rings. The van der Waals surface area contributed by atoms with Crippen molar-refractivity contribution in [3.05, 3.63) is 35.6 Å². The van der Waals surface area contributed by atoms with Crippen molar-refractivity contribution in [2.75, 3.05) is 13.1 Å². The van der Waals surface area contributed by atoms with E-state index < -0.39 is 11.7 Å². The first kappa shape index (κ1) is 11.7. The lowest BCUT2D eigenvalue weighted by Gasteiger charge is -2.19. The van der Waals surface area contributed by atoms with E-state index in [0.29, 0.717) is 13.1 Å². The number of hydrogen-bond acceptors (Lipinski definition) is 2. The lowest BCUT2D eigenvalue weighted by atomic mass is 10.2. The first-order chi connectivity index (χ1) is 7.19. The maximum absolute atomic E-state index is 13.2. The fourth-order valence-corrected chi connectivity index (χ4v) is 1.23. The second-order valence-electron chi connectivity index (χ2n) is 3.09. The van der Waals surface area contributed by atoms with Gasteiger partial charge in [0.15, 0.2) is 0 Å². The van der Waals surface area contributed by atoms with E-state index in [1.54, 1.807) is 17.1 Å². The van der Waals surface area contributed by atoms with E-state index in [9.17, 15) is 9.18 Å². The lowest BCUT2D eigenvalue weighted by molar-refractivity contribution is 0.0801. The number of halogens is 1. The van der Waals surface area contributed by atoms with Gasteiger partial charge in [0.25, 0.3) is 5.91 Å². The van der Waals surface area contributed by atoms with Gasteiger partial charge in [0, 0.05) is 13.1 Å². The Labute approximate surface area is 88.9 Å². The van der Waals surface area contributed by atoms with Gasteiger partial charge in [-0.2, -0.15) is 0 Å². The molecular formula is C11H15FN2O. The van der Waals surface area contributed by atoms with Crippen LogP contribution in [0.3, 0.4) is 0 Å². The van der Waals surface area contributed by atoms with Crippen molar-refractivity contribution in [2.24, 2.45) is 0 Å². The number of nitrogens with zero attached hydrogens (tertiary/aromatic N) is 1. The van der Waals surface area contributed by atoms with Gasteiger partial charge in [-0.05, 0) is 12.1 Å². The molecule has 0 spiro atoms. The van der Waals surface area contributed by atoms with Gasteiger partial charge in [0.05, 0.1) is 5.56 Å². The summed E-state index contributed by atoms with van der Waals surface area (Å²) in [7, 11) is 0. The molecule has 1 N–H and O–H groups in total. The molecule has 0 unspecified atom stereocenters. The maximum atomic E-state index is 13.2. The molecule has 1 amide bonds. The summed E-state index contributed by atoms with van der Waals surface area (Å²) in [4.78, 5) is 11.6. The summed E-state index contributed by atoms with van der Waals surface area (Å²) < 4.78 is 13.2. The van der Waals surface area contributed by atoms with Crippen molar-refractivity contribution in [2.45, 2.75) is 13.8 Å². The summed E-state index contributed by atoms with van der Waals surface area (Å²) in [5, 5.41) is 1.72. The van der Waals surface area contributed by atoms with Crippen molar-refractivity contribution < 1.29 is 9.18 Å². The zero-order valence-electron chi connectivity index (χ0n) is 8.96.